The summed E-state index contributed by atoms with van der Waals surface area (Å²) >= 11 is 0. The number of unbranched alkanes of at least 4 members (excludes halogenated alkanes) is 39. The molecule has 0 aliphatic rings. The monoisotopic (exact) mass is 1040 g/mol. The summed E-state index contributed by atoms with van der Waals surface area (Å²) in [5, 5.41) is 0. The van der Waals surface area contributed by atoms with E-state index in [2.05, 4.69) is 45.1 Å². The smallest absolute Gasteiger partial charge is 0.306 e. The van der Waals surface area contributed by atoms with E-state index in [0.29, 0.717) is 19.3 Å². The number of carbonyl (C=O) groups excluding carboxylic acids is 3. The SMILES string of the molecule is CC\C=C/C=C\C=C/C=C\C=C\C=C/C=C\CCCCCC(=O)OCC(COC(=O)CCCCCCCCCCCCCCCCCCCCC)OC(=O)CCCCCCCCCCCCCCCCCCCCC. The Kier molecular flexibility index (Phi) is 60.3. The quantitative estimate of drug-likeness (QED) is 0.0261. The van der Waals surface area contributed by atoms with Crippen molar-refractivity contribution in [2.24, 2.45) is 0 Å². The van der Waals surface area contributed by atoms with Crippen LogP contribution in [0.15, 0.2) is 85.1 Å². The van der Waals surface area contributed by atoms with E-state index in [-0.39, 0.29) is 31.1 Å². The highest BCUT2D eigenvalue weighted by atomic mass is 16.6. The third-order valence-corrected chi connectivity index (χ3v) is 14.1. The molecule has 1 atom stereocenters. The van der Waals surface area contributed by atoms with Gasteiger partial charge in [-0.15, -0.1) is 0 Å². The molecule has 0 fully saturated rings. The van der Waals surface area contributed by atoms with Crippen LogP contribution in [0.1, 0.15) is 316 Å². The number of hydrogen-bond acceptors (Lipinski definition) is 6. The molecular formula is C69H120O6. The molecule has 0 rings (SSSR count). The van der Waals surface area contributed by atoms with Crippen LogP contribution in [-0.4, -0.2) is 37.2 Å². The molecule has 6 heteroatoms. The van der Waals surface area contributed by atoms with Crippen LogP contribution in [-0.2, 0) is 28.6 Å². The molecule has 0 bridgehead atoms. The lowest BCUT2D eigenvalue weighted by atomic mass is 10.0. The van der Waals surface area contributed by atoms with Crippen molar-refractivity contribution in [3.05, 3.63) is 85.1 Å². The van der Waals surface area contributed by atoms with E-state index in [1.165, 1.54) is 205 Å². The van der Waals surface area contributed by atoms with Crippen LogP contribution in [0.25, 0.3) is 0 Å². The molecule has 75 heavy (non-hydrogen) atoms. The van der Waals surface area contributed by atoms with Crippen molar-refractivity contribution in [1.29, 1.82) is 0 Å². The van der Waals surface area contributed by atoms with E-state index in [0.717, 1.165) is 70.6 Å². The van der Waals surface area contributed by atoms with Gasteiger partial charge in [-0.25, -0.2) is 0 Å². The average molecular weight is 1050 g/mol. The summed E-state index contributed by atoms with van der Waals surface area (Å²) in [6.07, 6.45) is 83.0. The fourth-order valence-corrected chi connectivity index (χ4v) is 9.31. The number of rotatable bonds is 58. The third-order valence-electron chi connectivity index (χ3n) is 14.1. The first-order valence-electron chi connectivity index (χ1n) is 32.2. The zero-order valence-corrected chi connectivity index (χ0v) is 49.6. The number of carbonyl (C=O) groups is 3. The van der Waals surface area contributed by atoms with Crippen molar-refractivity contribution in [2.75, 3.05) is 13.2 Å². The van der Waals surface area contributed by atoms with Crippen LogP contribution < -0.4 is 0 Å². The van der Waals surface area contributed by atoms with E-state index in [1.807, 2.05) is 60.8 Å². The minimum atomic E-state index is -0.794. The molecule has 6 nitrogen and oxygen atoms in total. The Morgan fingerprint density at radius 1 is 0.280 bits per heavy atom. The Morgan fingerprint density at radius 3 is 0.813 bits per heavy atom. The van der Waals surface area contributed by atoms with Gasteiger partial charge in [0.05, 0.1) is 0 Å². The molecule has 0 saturated carbocycles. The summed E-state index contributed by atoms with van der Waals surface area (Å²) in [6.45, 7) is 6.51. The van der Waals surface area contributed by atoms with Gasteiger partial charge in [-0.2, -0.15) is 0 Å². The molecule has 432 valence electrons. The second-order valence-electron chi connectivity index (χ2n) is 21.5. The van der Waals surface area contributed by atoms with Crippen molar-refractivity contribution in [3.8, 4) is 0 Å². The molecule has 0 heterocycles. The highest BCUT2D eigenvalue weighted by Gasteiger charge is 2.19. The zero-order valence-electron chi connectivity index (χ0n) is 49.6. The van der Waals surface area contributed by atoms with Gasteiger partial charge in [0, 0.05) is 19.3 Å². The topological polar surface area (TPSA) is 78.9 Å². The minimum Gasteiger partial charge on any atom is -0.462 e. The molecule has 0 aliphatic heterocycles. The van der Waals surface area contributed by atoms with Crippen LogP contribution in [0.5, 0.6) is 0 Å². The van der Waals surface area contributed by atoms with Gasteiger partial charge in [0.1, 0.15) is 13.2 Å². The van der Waals surface area contributed by atoms with Crippen molar-refractivity contribution in [3.63, 3.8) is 0 Å². The first-order chi connectivity index (χ1) is 37.0. The van der Waals surface area contributed by atoms with Crippen molar-refractivity contribution >= 4 is 17.9 Å². The fourth-order valence-electron chi connectivity index (χ4n) is 9.31. The largest absolute Gasteiger partial charge is 0.462 e. The van der Waals surface area contributed by atoms with Gasteiger partial charge in [0.15, 0.2) is 6.10 Å². The lowest BCUT2D eigenvalue weighted by Gasteiger charge is -2.18. The van der Waals surface area contributed by atoms with Gasteiger partial charge in [-0.05, 0) is 38.5 Å². The Hall–Kier alpha value is -3.41. The summed E-state index contributed by atoms with van der Waals surface area (Å²) in [4.78, 5) is 38.3. The summed E-state index contributed by atoms with van der Waals surface area (Å²) in [7, 11) is 0. The average Bonchev–Trinajstić information content (AvgIpc) is 3.41. The molecule has 0 aromatic rings. The lowest BCUT2D eigenvalue weighted by Crippen LogP contribution is -2.30. The Balaban J connectivity index is 4.43. The van der Waals surface area contributed by atoms with E-state index in [9.17, 15) is 14.4 Å². The van der Waals surface area contributed by atoms with E-state index >= 15 is 0 Å². The Morgan fingerprint density at radius 2 is 0.520 bits per heavy atom. The van der Waals surface area contributed by atoms with Crippen molar-refractivity contribution in [2.45, 2.75) is 322 Å². The molecule has 1 unspecified atom stereocenters. The summed E-state index contributed by atoms with van der Waals surface area (Å²) in [5.74, 6) is -0.916. The summed E-state index contributed by atoms with van der Waals surface area (Å²) < 4.78 is 16.9. The van der Waals surface area contributed by atoms with Gasteiger partial charge in [0.25, 0.3) is 0 Å². The highest BCUT2D eigenvalue weighted by molar-refractivity contribution is 5.71. The standard InChI is InChI=1S/C69H120O6/c1-4-7-10-13-16-19-22-25-28-31-34-37-40-43-46-49-52-55-58-61-67(70)73-64-66(75-69(72)63-60-57-54-51-48-45-42-39-36-33-30-27-24-21-18-15-12-9-6-3)65-74-68(71)62-59-56-53-50-47-44-41-38-35-32-29-26-23-20-17-14-11-8-5-2/h7,10,13,16,19,22,25,28,31,34,37,40,43,46,66H,4-6,8-9,11-12,14-15,17-18,20-21,23-24,26-27,29-30,32-33,35-36,38-39,41-42,44-45,47-65H2,1-3H3/b10-7-,16-13-,22-19-,28-25-,34-31+,40-37-,46-43-. The molecule has 0 aliphatic carbocycles. The third kappa shape index (κ3) is 61.3. The zero-order chi connectivity index (χ0) is 54.3. The van der Waals surface area contributed by atoms with Gasteiger partial charge in [0.2, 0.25) is 0 Å². The molecule has 0 spiro atoms. The molecule has 0 saturated heterocycles. The van der Waals surface area contributed by atoms with Crippen LogP contribution in [0.2, 0.25) is 0 Å². The van der Waals surface area contributed by atoms with Crippen LogP contribution in [0.3, 0.4) is 0 Å². The minimum absolute atomic E-state index is 0.0873. The first-order valence-corrected chi connectivity index (χ1v) is 32.2. The molecule has 0 N–H and O–H groups in total. The van der Waals surface area contributed by atoms with E-state index in [4.69, 9.17) is 14.2 Å². The van der Waals surface area contributed by atoms with E-state index in [1.54, 1.807) is 0 Å². The Bertz CT molecular complexity index is 1430. The van der Waals surface area contributed by atoms with E-state index < -0.39 is 6.10 Å². The molecule has 0 aromatic carbocycles. The van der Waals surface area contributed by atoms with Gasteiger partial charge >= 0.3 is 17.9 Å². The summed E-state index contributed by atoms with van der Waals surface area (Å²) in [6, 6.07) is 0. The number of hydrogen-bond donors (Lipinski definition) is 0. The maximum absolute atomic E-state index is 12.9. The van der Waals surface area contributed by atoms with Crippen LogP contribution in [0, 0.1) is 0 Å². The molecule has 0 radical (unpaired) electrons. The lowest BCUT2D eigenvalue weighted by molar-refractivity contribution is -0.167. The maximum Gasteiger partial charge on any atom is 0.306 e. The fraction of sp³-hybridized carbons (Fsp3) is 0.754. The predicted molar refractivity (Wildman–Crippen MR) is 325 cm³/mol. The van der Waals surface area contributed by atoms with Gasteiger partial charge < -0.3 is 14.2 Å². The highest BCUT2D eigenvalue weighted by Crippen LogP contribution is 2.18. The Labute approximate surface area is 465 Å². The molecule has 0 aromatic heterocycles. The molecule has 0 amide bonds. The van der Waals surface area contributed by atoms with Gasteiger partial charge in [-0.3, -0.25) is 14.4 Å². The van der Waals surface area contributed by atoms with Crippen LogP contribution >= 0.6 is 0 Å². The second kappa shape index (κ2) is 63.1. The van der Waals surface area contributed by atoms with Crippen molar-refractivity contribution in [1.82, 2.24) is 0 Å². The predicted octanol–water partition coefficient (Wildman–Crippen LogP) is 21.9. The number of allylic oxidation sites excluding steroid dienone is 14. The maximum atomic E-state index is 12.9. The number of esters is 3. The normalized spacial score (nSPS) is 12.6. The number of ether oxygens (including phenoxy) is 3. The van der Waals surface area contributed by atoms with Crippen LogP contribution in [0.4, 0.5) is 0 Å². The first kappa shape index (κ1) is 71.6. The molecular weight excluding hydrogens is 925 g/mol. The van der Waals surface area contributed by atoms with Crippen molar-refractivity contribution < 1.29 is 28.6 Å². The second-order valence-corrected chi connectivity index (χ2v) is 21.5. The van der Waals surface area contributed by atoms with Gasteiger partial charge in [-0.1, -0.05) is 343 Å². The summed E-state index contributed by atoms with van der Waals surface area (Å²) in [5.41, 5.74) is 0.